The second-order valence-electron chi connectivity index (χ2n) is 5.18. The Labute approximate surface area is 137 Å². The summed E-state index contributed by atoms with van der Waals surface area (Å²) in [5, 5.41) is 0. The van der Waals surface area contributed by atoms with Crippen molar-refractivity contribution in [2.75, 3.05) is 12.9 Å². The number of benzene rings is 2. The molecule has 2 atom stereocenters. The van der Waals surface area contributed by atoms with Gasteiger partial charge in [0.15, 0.2) is 6.04 Å². The largest absolute Gasteiger partial charge is 0.464 e. The van der Waals surface area contributed by atoms with E-state index in [1.165, 1.54) is 0 Å². The zero-order chi connectivity index (χ0) is 16.7. The normalized spacial score (nSPS) is 14.5. The molecular formula is C18H21NO3S. The average molecular weight is 331 g/mol. The Kier molecular flexibility index (Phi) is 5.93. The van der Waals surface area contributed by atoms with E-state index in [4.69, 9.17) is 4.74 Å². The Bertz CT molecular complexity index is 750. The van der Waals surface area contributed by atoms with Crippen LogP contribution < -0.4 is 0 Å². The summed E-state index contributed by atoms with van der Waals surface area (Å²) in [7, 11) is -2.67. The molecule has 0 N–H and O–H groups in total. The van der Waals surface area contributed by atoms with Gasteiger partial charge in [0.25, 0.3) is 0 Å². The summed E-state index contributed by atoms with van der Waals surface area (Å²) in [5.74, 6) is -0.443. The summed E-state index contributed by atoms with van der Waals surface area (Å²) >= 11 is 0. The van der Waals surface area contributed by atoms with Gasteiger partial charge in [-0.25, -0.2) is 13.4 Å². The van der Waals surface area contributed by atoms with Gasteiger partial charge in [-0.3, -0.25) is 0 Å². The van der Waals surface area contributed by atoms with Gasteiger partial charge in [-0.15, -0.1) is 0 Å². The SMILES string of the molecule is CCOC(=O)C(Cc1ccccc1)N=S(C)(=O)c1ccccc1. The van der Waals surface area contributed by atoms with E-state index in [0.29, 0.717) is 11.3 Å². The molecule has 0 saturated carbocycles. The van der Waals surface area contributed by atoms with Crippen molar-refractivity contribution in [2.24, 2.45) is 4.36 Å². The lowest BCUT2D eigenvalue weighted by atomic mass is 10.1. The molecular weight excluding hydrogens is 310 g/mol. The van der Waals surface area contributed by atoms with Crippen LogP contribution in [0.25, 0.3) is 0 Å². The van der Waals surface area contributed by atoms with Crippen LogP contribution in [0.1, 0.15) is 12.5 Å². The first-order valence-electron chi connectivity index (χ1n) is 7.50. The highest BCUT2D eigenvalue weighted by atomic mass is 32.2. The molecule has 0 radical (unpaired) electrons. The molecule has 0 bridgehead atoms. The fourth-order valence-electron chi connectivity index (χ4n) is 2.22. The summed E-state index contributed by atoms with van der Waals surface area (Å²) in [6, 6.07) is 17.8. The van der Waals surface area contributed by atoms with E-state index in [1.807, 2.05) is 48.5 Å². The zero-order valence-corrected chi connectivity index (χ0v) is 14.2. The molecule has 0 aliphatic carbocycles. The Morgan fingerprint density at radius 1 is 1.09 bits per heavy atom. The fraction of sp³-hybridized carbons (Fsp3) is 0.278. The predicted octanol–water partition coefficient (Wildman–Crippen LogP) is 3.32. The number of carbonyl (C=O) groups is 1. The second kappa shape index (κ2) is 7.92. The molecule has 0 aliphatic rings. The molecule has 0 spiro atoms. The monoisotopic (exact) mass is 331 g/mol. The van der Waals surface area contributed by atoms with E-state index in [0.717, 1.165) is 5.56 Å². The molecule has 122 valence electrons. The number of hydrogen-bond donors (Lipinski definition) is 0. The minimum Gasteiger partial charge on any atom is -0.464 e. The van der Waals surface area contributed by atoms with Crippen LogP contribution in [0.15, 0.2) is 69.9 Å². The van der Waals surface area contributed by atoms with Gasteiger partial charge >= 0.3 is 5.97 Å². The Balaban J connectivity index is 2.35. The molecule has 0 saturated heterocycles. The second-order valence-corrected chi connectivity index (χ2v) is 7.47. The third-order valence-electron chi connectivity index (χ3n) is 3.34. The van der Waals surface area contributed by atoms with Crippen LogP contribution in [0.5, 0.6) is 0 Å². The van der Waals surface area contributed by atoms with Gasteiger partial charge in [-0.2, -0.15) is 0 Å². The number of carbonyl (C=O) groups excluding carboxylic acids is 1. The number of hydrogen-bond acceptors (Lipinski definition) is 4. The molecule has 4 nitrogen and oxygen atoms in total. The van der Waals surface area contributed by atoms with Gasteiger partial charge in [-0.1, -0.05) is 48.5 Å². The molecule has 23 heavy (non-hydrogen) atoms. The quantitative estimate of drug-likeness (QED) is 0.763. The zero-order valence-electron chi connectivity index (χ0n) is 13.3. The maximum Gasteiger partial charge on any atom is 0.331 e. The maximum absolute atomic E-state index is 12.9. The summed E-state index contributed by atoms with van der Waals surface area (Å²) in [6.45, 7) is 2.02. The third kappa shape index (κ3) is 4.93. The molecule has 2 aromatic carbocycles. The van der Waals surface area contributed by atoms with Crippen LogP contribution in [0.2, 0.25) is 0 Å². The summed E-state index contributed by atoms with van der Waals surface area (Å²) in [4.78, 5) is 12.8. The summed E-state index contributed by atoms with van der Waals surface area (Å²) in [5.41, 5.74) is 0.956. The van der Waals surface area contributed by atoms with Crippen LogP contribution in [0.4, 0.5) is 0 Å². The van der Waals surface area contributed by atoms with Crippen LogP contribution >= 0.6 is 0 Å². The van der Waals surface area contributed by atoms with Gasteiger partial charge in [-0.05, 0) is 24.6 Å². The molecule has 0 fully saturated rings. The van der Waals surface area contributed by atoms with Crippen molar-refractivity contribution in [1.29, 1.82) is 0 Å². The first kappa shape index (κ1) is 17.2. The van der Waals surface area contributed by atoms with E-state index in [2.05, 4.69) is 4.36 Å². The van der Waals surface area contributed by atoms with Crippen LogP contribution in [-0.4, -0.2) is 29.1 Å². The minimum atomic E-state index is -2.67. The predicted molar refractivity (Wildman–Crippen MR) is 91.8 cm³/mol. The van der Waals surface area contributed by atoms with Crippen molar-refractivity contribution < 1.29 is 13.7 Å². The van der Waals surface area contributed by atoms with Gasteiger partial charge in [0, 0.05) is 17.6 Å². The molecule has 2 aromatic rings. The summed E-state index contributed by atoms with van der Waals surface area (Å²) in [6.07, 6.45) is 1.93. The molecule has 0 amide bonds. The highest BCUT2D eigenvalue weighted by molar-refractivity contribution is 7.93. The fourth-order valence-corrected chi connectivity index (χ4v) is 3.65. The topological polar surface area (TPSA) is 55.7 Å². The van der Waals surface area contributed by atoms with Crippen molar-refractivity contribution in [3.05, 3.63) is 66.2 Å². The average Bonchev–Trinajstić information content (AvgIpc) is 2.56. The molecule has 0 aliphatic heterocycles. The number of ether oxygens (including phenoxy) is 1. The minimum absolute atomic E-state index is 0.274. The van der Waals surface area contributed by atoms with E-state index < -0.39 is 21.7 Å². The molecule has 2 unspecified atom stereocenters. The van der Waals surface area contributed by atoms with E-state index in [-0.39, 0.29) is 6.61 Å². The van der Waals surface area contributed by atoms with Crippen molar-refractivity contribution in [3.63, 3.8) is 0 Å². The van der Waals surface area contributed by atoms with Crippen molar-refractivity contribution >= 4 is 15.7 Å². The Morgan fingerprint density at radius 3 is 2.22 bits per heavy atom. The molecule has 5 heteroatoms. The lowest BCUT2D eigenvalue weighted by Crippen LogP contribution is -2.25. The number of nitrogens with zero attached hydrogens (tertiary/aromatic N) is 1. The van der Waals surface area contributed by atoms with Crippen LogP contribution in [0.3, 0.4) is 0 Å². The van der Waals surface area contributed by atoms with Gasteiger partial charge in [0.2, 0.25) is 0 Å². The lowest BCUT2D eigenvalue weighted by molar-refractivity contribution is -0.144. The Hall–Kier alpha value is -2.14. The highest BCUT2D eigenvalue weighted by Gasteiger charge is 2.22. The van der Waals surface area contributed by atoms with Crippen molar-refractivity contribution in [1.82, 2.24) is 0 Å². The van der Waals surface area contributed by atoms with Gasteiger partial charge in [0.05, 0.1) is 16.3 Å². The highest BCUT2D eigenvalue weighted by Crippen LogP contribution is 2.15. The third-order valence-corrected chi connectivity index (χ3v) is 5.14. The van der Waals surface area contributed by atoms with E-state index >= 15 is 0 Å². The van der Waals surface area contributed by atoms with E-state index in [1.54, 1.807) is 25.3 Å². The van der Waals surface area contributed by atoms with Gasteiger partial charge < -0.3 is 4.74 Å². The van der Waals surface area contributed by atoms with Gasteiger partial charge in [0.1, 0.15) is 0 Å². The smallest absolute Gasteiger partial charge is 0.331 e. The lowest BCUT2D eigenvalue weighted by Gasteiger charge is -2.14. The van der Waals surface area contributed by atoms with Crippen LogP contribution in [0, 0.1) is 0 Å². The number of esters is 1. The number of rotatable bonds is 6. The molecule has 0 heterocycles. The first-order chi connectivity index (χ1) is 11.0. The standard InChI is InChI=1S/C18H21NO3S/c1-3-22-18(20)17(14-15-10-6-4-7-11-15)19-23(2,21)16-12-8-5-9-13-16/h4-13,17H,3,14H2,1-2H3. The first-order valence-corrected chi connectivity index (χ1v) is 9.42. The summed E-state index contributed by atoms with van der Waals surface area (Å²) < 4.78 is 22.4. The maximum atomic E-state index is 12.9. The van der Waals surface area contributed by atoms with Crippen molar-refractivity contribution in [3.8, 4) is 0 Å². The van der Waals surface area contributed by atoms with Crippen LogP contribution in [-0.2, 0) is 25.7 Å². The van der Waals surface area contributed by atoms with Crippen molar-refractivity contribution in [2.45, 2.75) is 24.3 Å². The van der Waals surface area contributed by atoms with E-state index in [9.17, 15) is 9.00 Å². The Morgan fingerprint density at radius 2 is 1.65 bits per heavy atom. The molecule has 0 aromatic heterocycles. The molecule has 2 rings (SSSR count).